The molecule has 1 unspecified atom stereocenters. The third-order valence-electron chi connectivity index (χ3n) is 5.80. The van der Waals surface area contributed by atoms with Gasteiger partial charge < -0.3 is 14.4 Å². The lowest BCUT2D eigenvalue weighted by Gasteiger charge is -2.13. The second kappa shape index (κ2) is 11.5. The second-order valence-electron chi connectivity index (χ2n) is 8.23. The maximum Gasteiger partial charge on any atom is 0.344 e. The zero-order chi connectivity index (χ0) is 25.7. The molecular weight excluding hydrogens is 495 g/mol. The van der Waals surface area contributed by atoms with Crippen molar-refractivity contribution in [1.29, 1.82) is 0 Å². The number of rotatable bonds is 9. The van der Waals surface area contributed by atoms with Gasteiger partial charge in [0.15, 0.2) is 6.10 Å². The predicted molar refractivity (Wildman–Crippen MR) is 147 cm³/mol. The number of carbonyl (C=O) groups is 1. The minimum Gasteiger partial charge on any atom is -0.479 e. The van der Waals surface area contributed by atoms with Crippen molar-refractivity contribution < 1.29 is 14.6 Å². The predicted octanol–water partition coefficient (Wildman–Crippen LogP) is 7.96. The topological polar surface area (TPSA) is 64.4 Å². The van der Waals surface area contributed by atoms with Crippen LogP contribution in [0.2, 0.25) is 10.0 Å². The Balaban J connectivity index is 1.48. The van der Waals surface area contributed by atoms with E-state index in [0.717, 1.165) is 40.3 Å². The van der Waals surface area contributed by atoms with Gasteiger partial charge in [-0.1, -0.05) is 72.6 Å². The minimum absolute atomic E-state index is 0.404. The molecule has 0 spiro atoms. The van der Waals surface area contributed by atoms with E-state index in [1.165, 1.54) is 0 Å². The second-order valence-corrected chi connectivity index (χ2v) is 9.07. The maximum absolute atomic E-state index is 11.2. The number of carboxylic acid groups (broad SMARTS) is 1. The van der Waals surface area contributed by atoms with Crippen molar-refractivity contribution in [3.63, 3.8) is 0 Å². The smallest absolute Gasteiger partial charge is 0.344 e. The van der Waals surface area contributed by atoms with Crippen molar-refractivity contribution in [3.05, 3.63) is 94.4 Å². The number of aryl methyl sites for hydroxylation is 1. The zero-order valence-electron chi connectivity index (χ0n) is 20.0. The van der Waals surface area contributed by atoms with Crippen molar-refractivity contribution in [2.75, 3.05) is 0 Å². The van der Waals surface area contributed by atoms with E-state index in [2.05, 4.69) is 11.5 Å². The third kappa shape index (κ3) is 5.99. The highest BCUT2D eigenvalue weighted by Gasteiger charge is 2.16. The lowest BCUT2D eigenvalue weighted by Crippen LogP contribution is -2.25. The van der Waals surface area contributed by atoms with E-state index in [1.807, 2.05) is 66.9 Å². The Morgan fingerprint density at radius 3 is 2.25 bits per heavy atom. The Hall–Kier alpha value is -3.54. The van der Waals surface area contributed by atoms with Crippen LogP contribution < -0.4 is 4.74 Å². The van der Waals surface area contributed by atoms with Crippen LogP contribution in [0, 0.1) is 0 Å². The van der Waals surface area contributed by atoms with Gasteiger partial charge in [0.05, 0.1) is 10.7 Å². The molecule has 36 heavy (non-hydrogen) atoms. The molecule has 1 atom stereocenters. The Morgan fingerprint density at radius 2 is 1.67 bits per heavy atom. The maximum atomic E-state index is 11.2. The molecule has 1 aromatic heterocycles. The Kier molecular flexibility index (Phi) is 8.14. The van der Waals surface area contributed by atoms with Gasteiger partial charge in [0.2, 0.25) is 0 Å². The van der Waals surface area contributed by atoms with Crippen LogP contribution in [0.5, 0.6) is 5.75 Å². The monoisotopic (exact) mass is 520 g/mol. The van der Waals surface area contributed by atoms with Crippen LogP contribution in [0.4, 0.5) is 0 Å². The summed E-state index contributed by atoms with van der Waals surface area (Å²) >= 11 is 12.4. The van der Waals surface area contributed by atoms with E-state index in [0.29, 0.717) is 22.2 Å². The van der Waals surface area contributed by atoms with E-state index >= 15 is 0 Å². The molecule has 0 aliphatic rings. The van der Waals surface area contributed by atoms with Gasteiger partial charge >= 0.3 is 5.97 Å². The van der Waals surface area contributed by atoms with Gasteiger partial charge in [-0.05, 0) is 66.4 Å². The summed E-state index contributed by atoms with van der Waals surface area (Å²) in [5.74, 6) is 0.416. The average Bonchev–Trinajstić information content (AvgIpc) is 3.29. The largest absolute Gasteiger partial charge is 0.479 e. The molecule has 1 N–H and O–H groups in total. The molecule has 0 saturated heterocycles. The van der Waals surface area contributed by atoms with Crippen LogP contribution in [0.1, 0.15) is 31.7 Å². The molecule has 4 aromatic rings. The number of hydrogen-bond acceptors (Lipinski definition) is 3. The fraction of sp³-hybridized carbons (Fsp3) is 0.172. The summed E-state index contributed by atoms with van der Waals surface area (Å²) in [6.45, 7) is 4.64. The van der Waals surface area contributed by atoms with E-state index in [-0.39, 0.29) is 0 Å². The van der Waals surface area contributed by atoms with Crippen LogP contribution >= 0.6 is 23.2 Å². The number of nitrogens with zero attached hydrogens (tertiary/aromatic N) is 2. The average molecular weight is 521 g/mol. The van der Waals surface area contributed by atoms with Gasteiger partial charge in [-0.3, -0.25) is 0 Å². The summed E-state index contributed by atoms with van der Waals surface area (Å²) in [5.41, 5.74) is 4.76. The minimum atomic E-state index is -0.961. The number of benzene rings is 3. The van der Waals surface area contributed by atoms with Crippen molar-refractivity contribution in [1.82, 2.24) is 9.55 Å². The fourth-order valence-corrected chi connectivity index (χ4v) is 4.30. The SMILES string of the molecule is CCC(Oc1ccc(-c2ccc(/C=C/c3nc(-c4ccc(Cl)cc4Cl)cn3CC)cc2)cc1)C(=O)O. The van der Waals surface area contributed by atoms with Crippen molar-refractivity contribution >= 4 is 41.3 Å². The standard InChI is InChI=1S/C29H26Cl2N2O3/c1-3-27(29(34)35)36-23-13-10-21(11-14-23)20-8-5-19(6-9-20)7-16-28-32-26(18-33(28)4-2)24-15-12-22(30)17-25(24)31/h5-18,27H,3-4H2,1-2H3,(H,34,35)/b16-7+. The number of hydrogen-bond donors (Lipinski definition) is 1. The summed E-state index contributed by atoms with van der Waals surface area (Å²) < 4.78 is 7.61. The van der Waals surface area contributed by atoms with Crippen LogP contribution in [0.25, 0.3) is 34.5 Å². The molecule has 0 aliphatic carbocycles. The van der Waals surface area contributed by atoms with E-state index < -0.39 is 12.1 Å². The van der Waals surface area contributed by atoms with Crippen molar-refractivity contribution in [2.45, 2.75) is 32.9 Å². The van der Waals surface area contributed by atoms with Crippen molar-refractivity contribution in [3.8, 4) is 28.1 Å². The lowest BCUT2D eigenvalue weighted by molar-refractivity contribution is -0.145. The Bertz CT molecular complexity index is 1380. The fourth-order valence-electron chi connectivity index (χ4n) is 3.80. The summed E-state index contributed by atoms with van der Waals surface area (Å²) in [6, 6.07) is 21.0. The molecule has 4 rings (SSSR count). The molecule has 5 nitrogen and oxygen atoms in total. The lowest BCUT2D eigenvalue weighted by atomic mass is 10.0. The first kappa shape index (κ1) is 25.5. The van der Waals surface area contributed by atoms with E-state index in [4.69, 9.17) is 38.0 Å². The highest BCUT2D eigenvalue weighted by molar-refractivity contribution is 6.36. The van der Waals surface area contributed by atoms with Crippen LogP contribution in [0.3, 0.4) is 0 Å². The number of halogens is 2. The Labute approximate surface area is 220 Å². The van der Waals surface area contributed by atoms with Gasteiger partial charge in [-0.2, -0.15) is 0 Å². The highest BCUT2D eigenvalue weighted by atomic mass is 35.5. The number of imidazole rings is 1. The van der Waals surface area contributed by atoms with Gasteiger partial charge in [-0.25, -0.2) is 9.78 Å². The third-order valence-corrected chi connectivity index (χ3v) is 6.35. The molecule has 0 radical (unpaired) electrons. The number of ether oxygens (including phenoxy) is 1. The molecule has 0 saturated carbocycles. The first-order valence-electron chi connectivity index (χ1n) is 11.7. The van der Waals surface area contributed by atoms with Crippen LogP contribution in [0.15, 0.2) is 72.9 Å². The Morgan fingerprint density at radius 1 is 1.00 bits per heavy atom. The molecule has 0 aliphatic heterocycles. The van der Waals surface area contributed by atoms with E-state index in [1.54, 1.807) is 25.1 Å². The first-order chi connectivity index (χ1) is 17.4. The molecule has 0 amide bonds. The van der Waals surface area contributed by atoms with Gasteiger partial charge in [0.1, 0.15) is 11.6 Å². The quantitative estimate of drug-likeness (QED) is 0.243. The molecule has 184 valence electrons. The van der Waals surface area contributed by atoms with Crippen LogP contribution in [-0.2, 0) is 11.3 Å². The first-order valence-corrected chi connectivity index (χ1v) is 12.4. The summed E-state index contributed by atoms with van der Waals surface area (Å²) in [6.07, 6.45) is 5.57. The van der Waals surface area contributed by atoms with E-state index in [9.17, 15) is 4.79 Å². The van der Waals surface area contributed by atoms with Gasteiger partial charge in [0.25, 0.3) is 0 Å². The molecule has 7 heteroatoms. The summed E-state index contributed by atoms with van der Waals surface area (Å²) in [7, 11) is 0. The van der Waals surface area contributed by atoms with Gasteiger partial charge in [0, 0.05) is 23.3 Å². The molecule has 1 heterocycles. The van der Waals surface area contributed by atoms with Crippen LogP contribution in [-0.4, -0.2) is 26.7 Å². The zero-order valence-corrected chi connectivity index (χ0v) is 21.5. The highest BCUT2D eigenvalue weighted by Crippen LogP contribution is 2.30. The molecule has 0 fully saturated rings. The summed E-state index contributed by atoms with van der Waals surface area (Å²) in [5, 5.41) is 10.3. The normalized spacial score (nSPS) is 12.1. The van der Waals surface area contributed by atoms with Crippen molar-refractivity contribution in [2.24, 2.45) is 0 Å². The van der Waals surface area contributed by atoms with Gasteiger partial charge in [-0.15, -0.1) is 0 Å². The molecule has 0 bridgehead atoms. The number of aromatic nitrogens is 2. The number of aliphatic carboxylic acids is 1. The molecular formula is C29H26Cl2N2O3. The molecule has 3 aromatic carbocycles. The summed E-state index contributed by atoms with van der Waals surface area (Å²) in [4.78, 5) is 15.9. The number of carboxylic acids is 1.